The summed E-state index contributed by atoms with van der Waals surface area (Å²) in [7, 11) is 0. The average Bonchev–Trinajstić information content (AvgIpc) is 3.30. The topological polar surface area (TPSA) is 27.6 Å². The molecule has 3 nitrogen and oxygen atoms in total. The van der Waals surface area contributed by atoms with Crippen molar-refractivity contribution in [3.8, 4) is 0 Å². The molecule has 182 valence electrons. The van der Waals surface area contributed by atoms with Crippen LogP contribution in [0.3, 0.4) is 0 Å². The van der Waals surface area contributed by atoms with Crippen molar-refractivity contribution in [2.75, 3.05) is 6.54 Å². The second kappa shape index (κ2) is 9.90. The highest BCUT2D eigenvalue weighted by Crippen LogP contribution is 2.40. The van der Waals surface area contributed by atoms with Gasteiger partial charge in [-0.25, -0.2) is 19.2 Å². The van der Waals surface area contributed by atoms with E-state index in [1.807, 2.05) is 18.4 Å². The van der Waals surface area contributed by atoms with Crippen LogP contribution in [0.15, 0.2) is 83.3 Å². The van der Waals surface area contributed by atoms with E-state index in [0.717, 1.165) is 48.8 Å². The first kappa shape index (κ1) is 23.7. The van der Waals surface area contributed by atoms with E-state index >= 15 is 0 Å². The molecule has 2 aliphatic heterocycles. The smallest absolute Gasteiger partial charge is 0.262 e. The zero-order valence-corrected chi connectivity index (χ0v) is 20.4. The van der Waals surface area contributed by atoms with Crippen LogP contribution in [0.4, 0.5) is 8.78 Å². The molecule has 2 aromatic carbocycles. The number of aliphatic imine (C=N–C) groups is 1. The number of nitrogens with one attached hydrogen (secondary N) is 1. The quantitative estimate of drug-likeness (QED) is 0.461. The SMILES string of the molecule is C=CC1=C2N=CC(c3cccc(CCc4cccc(C(C)(F)F)c4)c3)=C(C3CCCCC3)N2NC1. The normalized spacial score (nSPS) is 18.9. The maximum absolute atomic E-state index is 13.8. The zero-order valence-electron chi connectivity index (χ0n) is 20.4. The molecule has 0 spiro atoms. The van der Waals surface area contributed by atoms with Crippen LogP contribution in [-0.2, 0) is 18.8 Å². The lowest BCUT2D eigenvalue weighted by Crippen LogP contribution is -2.37. The number of hydrogen-bond donors (Lipinski definition) is 1. The molecule has 1 saturated carbocycles. The van der Waals surface area contributed by atoms with Crippen LogP contribution in [-0.4, -0.2) is 17.8 Å². The summed E-state index contributed by atoms with van der Waals surface area (Å²) in [5.41, 5.74) is 10.5. The van der Waals surface area contributed by atoms with E-state index in [0.29, 0.717) is 5.92 Å². The molecule has 0 unspecified atom stereocenters. The highest BCUT2D eigenvalue weighted by atomic mass is 19.3. The first-order valence-electron chi connectivity index (χ1n) is 12.7. The van der Waals surface area contributed by atoms with Crippen molar-refractivity contribution < 1.29 is 8.78 Å². The molecule has 0 radical (unpaired) electrons. The second-order valence-corrected chi connectivity index (χ2v) is 9.90. The lowest BCUT2D eigenvalue weighted by molar-refractivity contribution is 0.0174. The third-order valence-electron chi connectivity index (χ3n) is 7.37. The standard InChI is InChI=1S/C30H33F2N3/c1-3-23-19-34-35-28(24-11-5-4-6-12-24)27(20-33-29(23)35)25-13-7-9-21(17-25)15-16-22-10-8-14-26(18-22)30(2,31)32/h3,7-10,13-14,17-18,20,24,34H,1,4-6,11-12,15-16,19H2,2H3. The van der Waals surface area contributed by atoms with Gasteiger partial charge in [-0.05, 0) is 48.4 Å². The van der Waals surface area contributed by atoms with Crippen molar-refractivity contribution in [2.45, 2.75) is 57.8 Å². The predicted octanol–water partition coefficient (Wildman–Crippen LogP) is 7.18. The third-order valence-corrected chi connectivity index (χ3v) is 7.37. The zero-order chi connectivity index (χ0) is 24.4. The van der Waals surface area contributed by atoms with Gasteiger partial charge in [-0.15, -0.1) is 0 Å². The molecule has 0 saturated heterocycles. The van der Waals surface area contributed by atoms with Crippen molar-refractivity contribution in [2.24, 2.45) is 10.9 Å². The van der Waals surface area contributed by atoms with E-state index in [2.05, 4.69) is 41.3 Å². The fourth-order valence-corrected chi connectivity index (χ4v) is 5.46. The van der Waals surface area contributed by atoms with E-state index in [9.17, 15) is 8.78 Å². The Morgan fingerprint density at radius 2 is 1.77 bits per heavy atom. The fraction of sp³-hybridized carbons (Fsp3) is 0.367. The molecule has 1 fully saturated rings. The largest absolute Gasteiger partial charge is 0.270 e. The van der Waals surface area contributed by atoms with Gasteiger partial charge < -0.3 is 0 Å². The lowest BCUT2D eigenvalue weighted by atomic mass is 9.83. The lowest BCUT2D eigenvalue weighted by Gasteiger charge is -2.35. The van der Waals surface area contributed by atoms with Crippen LogP contribution in [0.5, 0.6) is 0 Å². The van der Waals surface area contributed by atoms with Gasteiger partial charge in [-0.1, -0.05) is 74.4 Å². The maximum Gasteiger partial charge on any atom is 0.270 e. The van der Waals surface area contributed by atoms with Crippen LogP contribution in [0.1, 0.15) is 61.3 Å². The van der Waals surface area contributed by atoms with E-state index in [-0.39, 0.29) is 5.56 Å². The number of fused-ring (bicyclic) bond motifs is 1. The number of hydrogen-bond acceptors (Lipinski definition) is 3. The highest BCUT2D eigenvalue weighted by molar-refractivity contribution is 6.12. The number of rotatable bonds is 7. The van der Waals surface area contributed by atoms with Gasteiger partial charge in [0.05, 0.1) is 0 Å². The summed E-state index contributed by atoms with van der Waals surface area (Å²) in [5.74, 6) is -1.35. The monoisotopic (exact) mass is 473 g/mol. The molecule has 35 heavy (non-hydrogen) atoms. The van der Waals surface area contributed by atoms with Crippen LogP contribution < -0.4 is 5.43 Å². The van der Waals surface area contributed by atoms with Gasteiger partial charge in [-0.2, -0.15) is 0 Å². The van der Waals surface area contributed by atoms with Gasteiger partial charge in [-0.3, -0.25) is 5.01 Å². The van der Waals surface area contributed by atoms with Gasteiger partial charge >= 0.3 is 0 Å². The van der Waals surface area contributed by atoms with E-state index < -0.39 is 5.92 Å². The number of aryl methyl sites for hydroxylation is 2. The van der Waals surface area contributed by atoms with Gasteiger partial charge in [0.15, 0.2) is 5.82 Å². The number of halogens is 2. The van der Waals surface area contributed by atoms with Gasteiger partial charge in [0.2, 0.25) is 0 Å². The summed E-state index contributed by atoms with van der Waals surface area (Å²) in [4.78, 5) is 4.82. The molecular formula is C30H33F2N3. The van der Waals surface area contributed by atoms with Crippen LogP contribution >= 0.6 is 0 Å². The molecule has 1 aliphatic carbocycles. The Morgan fingerprint density at radius 1 is 1.06 bits per heavy atom. The minimum absolute atomic E-state index is 0.0744. The molecule has 0 bridgehead atoms. The minimum atomic E-state index is -2.82. The molecule has 0 amide bonds. The molecular weight excluding hydrogens is 440 g/mol. The number of hydrazine groups is 1. The fourth-order valence-electron chi connectivity index (χ4n) is 5.46. The van der Waals surface area contributed by atoms with Gasteiger partial charge in [0, 0.05) is 48.0 Å². The summed E-state index contributed by atoms with van der Waals surface area (Å²) < 4.78 is 27.5. The first-order valence-corrected chi connectivity index (χ1v) is 12.7. The summed E-state index contributed by atoms with van der Waals surface area (Å²) in [6.45, 7) is 5.66. The molecule has 2 aromatic rings. The Hall–Kier alpha value is -3.05. The van der Waals surface area contributed by atoms with Crippen LogP contribution in [0.2, 0.25) is 0 Å². The van der Waals surface area contributed by atoms with Crippen molar-refractivity contribution in [3.05, 3.63) is 101 Å². The van der Waals surface area contributed by atoms with Crippen molar-refractivity contribution >= 4 is 11.8 Å². The van der Waals surface area contributed by atoms with Crippen LogP contribution in [0.25, 0.3) is 5.57 Å². The Kier molecular flexibility index (Phi) is 6.70. The van der Waals surface area contributed by atoms with Gasteiger partial charge in [0.25, 0.3) is 5.92 Å². The van der Waals surface area contributed by atoms with E-state index in [1.54, 1.807) is 12.1 Å². The highest BCUT2D eigenvalue weighted by Gasteiger charge is 2.33. The summed E-state index contributed by atoms with van der Waals surface area (Å²) in [6.07, 6.45) is 11.7. The number of benzene rings is 2. The second-order valence-electron chi connectivity index (χ2n) is 9.90. The van der Waals surface area contributed by atoms with Crippen molar-refractivity contribution in [3.63, 3.8) is 0 Å². The van der Waals surface area contributed by atoms with E-state index in [1.165, 1.54) is 55.0 Å². The van der Waals surface area contributed by atoms with Crippen LogP contribution in [0, 0.1) is 5.92 Å². The predicted molar refractivity (Wildman–Crippen MR) is 139 cm³/mol. The van der Waals surface area contributed by atoms with Gasteiger partial charge in [0.1, 0.15) is 0 Å². The minimum Gasteiger partial charge on any atom is -0.262 e. The molecule has 5 rings (SSSR count). The Labute approximate surface area is 206 Å². The summed E-state index contributed by atoms with van der Waals surface area (Å²) >= 11 is 0. The molecule has 5 heteroatoms. The summed E-state index contributed by atoms with van der Waals surface area (Å²) in [6, 6.07) is 15.4. The van der Waals surface area contributed by atoms with Crippen molar-refractivity contribution in [1.29, 1.82) is 0 Å². The number of allylic oxidation sites excluding steroid dienone is 2. The Bertz CT molecular complexity index is 1200. The van der Waals surface area contributed by atoms with Crippen molar-refractivity contribution in [1.82, 2.24) is 10.4 Å². The average molecular weight is 474 g/mol. The van der Waals surface area contributed by atoms with E-state index in [4.69, 9.17) is 4.99 Å². The maximum atomic E-state index is 13.8. The molecule has 3 aliphatic rings. The number of alkyl halides is 2. The summed E-state index contributed by atoms with van der Waals surface area (Å²) in [5, 5.41) is 2.20. The third kappa shape index (κ3) is 5.01. The Morgan fingerprint density at radius 3 is 2.49 bits per heavy atom. The Balaban J connectivity index is 1.43. The first-order chi connectivity index (χ1) is 16.9. The molecule has 1 N–H and O–H groups in total. The molecule has 0 atom stereocenters. The number of nitrogens with zero attached hydrogens (tertiary/aromatic N) is 2. The molecule has 2 heterocycles. The molecule has 0 aromatic heterocycles.